The van der Waals surface area contributed by atoms with Gasteiger partial charge < -0.3 is 20.6 Å². The Hall–Kier alpha value is -2.34. The SMILES string of the molecule is C=CC(=O)Nc1cc(C(=O)NCC2(N(C)C)CCCC(C)C2)ccc1O. The summed E-state index contributed by atoms with van der Waals surface area (Å²) in [5.41, 5.74) is 0.542. The standard InChI is InChI=1S/C20H29N3O3/c1-5-18(25)22-16-11-15(8-9-17(16)24)19(26)21-13-20(23(3)4)10-6-7-14(2)12-20/h5,8-9,11,14,24H,1,6-7,10,12-13H2,2-4H3,(H,21,26)(H,22,25). The topological polar surface area (TPSA) is 81.7 Å². The summed E-state index contributed by atoms with van der Waals surface area (Å²) in [5, 5.41) is 15.4. The first-order valence-electron chi connectivity index (χ1n) is 8.99. The number of nitrogens with zero attached hydrogens (tertiary/aromatic N) is 1. The van der Waals surface area contributed by atoms with Crippen LogP contribution in [0.3, 0.4) is 0 Å². The third-order valence-corrected chi connectivity index (χ3v) is 5.30. The third-order valence-electron chi connectivity index (χ3n) is 5.30. The second-order valence-corrected chi connectivity index (χ2v) is 7.43. The Morgan fingerprint density at radius 2 is 2.15 bits per heavy atom. The number of aromatic hydroxyl groups is 1. The Morgan fingerprint density at radius 3 is 2.77 bits per heavy atom. The van der Waals surface area contributed by atoms with Crippen LogP contribution in [0.15, 0.2) is 30.9 Å². The van der Waals surface area contributed by atoms with Crippen LogP contribution in [0.4, 0.5) is 5.69 Å². The molecule has 2 atom stereocenters. The minimum absolute atomic E-state index is 0.0376. The average Bonchev–Trinajstić information content (AvgIpc) is 2.61. The molecule has 1 saturated carbocycles. The fourth-order valence-corrected chi connectivity index (χ4v) is 3.67. The summed E-state index contributed by atoms with van der Waals surface area (Å²) in [5.74, 6) is -0.126. The van der Waals surface area contributed by atoms with Crippen molar-refractivity contribution in [1.29, 1.82) is 0 Å². The van der Waals surface area contributed by atoms with Crippen LogP contribution in [-0.2, 0) is 4.79 Å². The maximum atomic E-state index is 12.6. The van der Waals surface area contributed by atoms with Gasteiger partial charge in [-0.2, -0.15) is 0 Å². The number of carbonyl (C=O) groups is 2. The molecule has 1 aliphatic rings. The zero-order chi connectivity index (χ0) is 19.3. The molecule has 0 aromatic heterocycles. The maximum absolute atomic E-state index is 12.6. The maximum Gasteiger partial charge on any atom is 0.251 e. The second-order valence-electron chi connectivity index (χ2n) is 7.43. The first-order valence-corrected chi connectivity index (χ1v) is 8.99. The molecular weight excluding hydrogens is 330 g/mol. The third kappa shape index (κ3) is 4.64. The molecule has 2 unspecified atom stereocenters. The van der Waals surface area contributed by atoms with Gasteiger partial charge in [0.1, 0.15) is 5.75 Å². The molecule has 0 heterocycles. The molecule has 3 N–H and O–H groups in total. The lowest BCUT2D eigenvalue weighted by atomic mass is 9.75. The van der Waals surface area contributed by atoms with Gasteiger partial charge in [-0.25, -0.2) is 0 Å². The van der Waals surface area contributed by atoms with E-state index in [2.05, 4.69) is 43.1 Å². The monoisotopic (exact) mass is 359 g/mol. The van der Waals surface area contributed by atoms with Crippen molar-refractivity contribution >= 4 is 17.5 Å². The van der Waals surface area contributed by atoms with E-state index in [0.717, 1.165) is 25.3 Å². The molecule has 0 spiro atoms. The van der Waals surface area contributed by atoms with E-state index in [1.54, 1.807) is 6.07 Å². The Morgan fingerprint density at radius 1 is 1.42 bits per heavy atom. The van der Waals surface area contributed by atoms with Gasteiger partial charge in [0, 0.05) is 17.6 Å². The van der Waals surface area contributed by atoms with Crippen molar-refractivity contribution in [3.63, 3.8) is 0 Å². The number of carbonyl (C=O) groups excluding carboxylic acids is 2. The summed E-state index contributed by atoms with van der Waals surface area (Å²) in [4.78, 5) is 26.3. The van der Waals surface area contributed by atoms with Crippen LogP contribution >= 0.6 is 0 Å². The molecule has 6 heteroatoms. The molecule has 1 fully saturated rings. The molecule has 1 aromatic carbocycles. The largest absolute Gasteiger partial charge is 0.506 e. The molecule has 2 amide bonds. The van der Waals surface area contributed by atoms with Gasteiger partial charge in [-0.3, -0.25) is 9.59 Å². The Labute approximate surface area is 155 Å². The Bertz CT molecular complexity index is 687. The van der Waals surface area contributed by atoms with Gasteiger partial charge in [-0.1, -0.05) is 26.3 Å². The van der Waals surface area contributed by atoms with Crippen LogP contribution in [0.25, 0.3) is 0 Å². The number of rotatable bonds is 6. The van der Waals surface area contributed by atoms with Crippen molar-refractivity contribution in [1.82, 2.24) is 10.2 Å². The van der Waals surface area contributed by atoms with Crippen LogP contribution in [0, 0.1) is 5.92 Å². The van der Waals surface area contributed by atoms with Crippen LogP contribution in [0.1, 0.15) is 43.0 Å². The smallest absolute Gasteiger partial charge is 0.251 e. The van der Waals surface area contributed by atoms with Gasteiger partial charge in [0.15, 0.2) is 0 Å². The molecule has 0 radical (unpaired) electrons. The highest BCUT2D eigenvalue weighted by Crippen LogP contribution is 2.35. The predicted molar refractivity (Wildman–Crippen MR) is 103 cm³/mol. The number of hydrogen-bond acceptors (Lipinski definition) is 4. The van der Waals surface area contributed by atoms with Crippen LogP contribution in [0.2, 0.25) is 0 Å². The number of amides is 2. The van der Waals surface area contributed by atoms with Crippen LogP contribution in [-0.4, -0.2) is 48.0 Å². The van der Waals surface area contributed by atoms with E-state index < -0.39 is 5.91 Å². The van der Waals surface area contributed by atoms with Crippen molar-refractivity contribution in [3.05, 3.63) is 36.4 Å². The number of benzene rings is 1. The van der Waals surface area contributed by atoms with E-state index in [1.165, 1.54) is 18.6 Å². The molecule has 0 bridgehead atoms. The number of phenolic OH excluding ortho intramolecular Hbond substituents is 1. The summed E-state index contributed by atoms with van der Waals surface area (Å²) >= 11 is 0. The molecule has 6 nitrogen and oxygen atoms in total. The van der Waals surface area contributed by atoms with E-state index in [9.17, 15) is 14.7 Å². The van der Waals surface area contributed by atoms with Gasteiger partial charge >= 0.3 is 0 Å². The normalized spacial score (nSPS) is 22.7. The number of nitrogens with one attached hydrogen (secondary N) is 2. The van der Waals surface area contributed by atoms with Crippen LogP contribution in [0.5, 0.6) is 5.75 Å². The lowest BCUT2D eigenvalue weighted by Gasteiger charge is -2.45. The summed E-state index contributed by atoms with van der Waals surface area (Å²) in [7, 11) is 4.13. The molecular formula is C20H29N3O3. The quantitative estimate of drug-likeness (QED) is 0.539. The molecule has 1 aromatic rings. The van der Waals surface area contributed by atoms with Crippen molar-refractivity contribution < 1.29 is 14.7 Å². The first kappa shape index (κ1) is 20.0. The van der Waals surface area contributed by atoms with Gasteiger partial charge in [0.2, 0.25) is 5.91 Å². The van der Waals surface area contributed by atoms with Crippen molar-refractivity contribution in [3.8, 4) is 5.75 Å². The minimum Gasteiger partial charge on any atom is -0.506 e. The van der Waals surface area contributed by atoms with Crippen molar-refractivity contribution in [2.75, 3.05) is 26.0 Å². The van der Waals surface area contributed by atoms with E-state index in [0.29, 0.717) is 18.0 Å². The van der Waals surface area contributed by atoms with E-state index in [1.807, 2.05) is 0 Å². The van der Waals surface area contributed by atoms with Crippen molar-refractivity contribution in [2.45, 2.75) is 38.1 Å². The highest BCUT2D eigenvalue weighted by Gasteiger charge is 2.37. The highest BCUT2D eigenvalue weighted by molar-refractivity contribution is 6.02. The van der Waals surface area contributed by atoms with Gasteiger partial charge in [0.05, 0.1) is 5.69 Å². The van der Waals surface area contributed by atoms with E-state index in [-0.39, 0.29) is 22.9 Å². The number of anilines is 1. The molecule has 0 saturated heterocycles. The first-order chi connectivity index (χ1) is 12.3. The second kappa shape index (κ2) is 8.36. The lowest BCUT2D eigenvalue weighted by Crippen LogP contribution is -2.55. The van der Waals surface area contributed by atoms with Crippen molar-refractivity contribution in [2.24, 2.45) is 5.92 Å². The zero-order valence-electron chi connectivity index (χ0n) is 15.8. The molecule has 142 valence electrons. The molecule has 26 heavy (non-hydrogen) atoms. The summed E-state index contributed by atoms with van der Waals surface area (Å²) in [6.07, 6.45) is 5.61. The fraction of sp³-hybridized carbons (Fsp3) is 0.500. The average molecular weight is 359 g/mol. The van der Waals surface area contributed by atoms with E-state index in [4.69, 9.17) is 0 Å². The molecule has 1 aliphatic carbocycles. The molecule has 0 aliphatic heterocycles. The van der Waals surface area contributed by atoms with Crippen LogP contribution < -0.4 is 10.6 Å². The highest BCUT2D eigenvalue weighted by atomic mass is 16.3. The van der Waals surface area contributed by atoms with Gasteiger partial charge in [-0.15, -0.1) is 0 Å². The van der Waals surface area contributed by atoms with Gasteiger partial charge in [-0.05, 0) is 57.1 Å². The Kier molecular flexibility index (Phi) is 6.42. The molecule has 2 rings (SSSR count). The summed E-state index contributed by atoms with van der Waals surface area (Å²) in [6.45, 7) is 6.20. The van der Waals surface area contributed by atoms with Gasteiger partial charge in [0.25, 0.3) is 5.91 Å². The summed E-state index contributed by atoms with van der Waals surface area (Å²) < 4.78 is 0. The zero-order valence-corrected chi connectivity index (χ0v) is 15.8. The Balaban J connectivity index is 2.10. The minimum atomic E-state index is -0.444. The fourth-order valence-electron chi connectivity index (χ4n) is 3.67. The number of likely N-dealkylation sites (N-methyl/N-ethyl adjacent to an activating group) is 1. The predicted octanol–water partition coefficient (Wildman–Crippen LogP) is 2.76. The number of phenols is 1. The van der Waals surface area contributed by atoms with E-state index >= 15 is 0 Å². The number of hydrogen-bond donors (Lipinski definition) is 3. The lowest BCUT2D eigenvalue weighted by molar-refractivity contribution is -0.111. The summed E-state index contributed by atoms with van der Waals surface area (Å²) in [6, 6.07) is 4.41.